The molecule has 0 aromatic rings. The van der Waals surface area contributed by atoms with E-state index in [0.717, 1.165) is 12.8 Å². The molecule has 0 fully saturated rings. The maximum Gasteiger partial charge on any atom is 0.0527 e. The topological polar surface area (TPSA) is 23.5 Å². The standard InChI is InChI=1S/C10H23NO/c1-8(2)6-10(11(4)5)7-9(3)12/h8-10,12H,6-7H2,1-5H3. The Labute approximate surface area is 76.6 Å². The summed E-state index contributed by atoms with van der Waals surface area (Å²) < 4.78 is 0. The molecule has 2 heteroatoms. The quantitative estimate of drug-likeness (QED) is 0.684. The summed E-state index contributed by atoms with van der Waals surface area (Å²) in [6.07, 6.45) is 1.86. The Morgan fingerprint density at radius 2 is 1.58 bits per heavy atom. The molecule has 0 aliphatic heterocycles. The van der Waals surface area contributed by atoms with Crippen LogP contribution in [-0.4, -0.2) is 36.2 Å². The monoisotopic (exact) mass is 173 g/mol. The van der Waals surface area contributed by atoms with Gasteiger partial charge >= 0.3 is 0 Å². The molecular weight excluding hydrogens is 150 g/mol. The average Bonchev–Trinajstić information content (AvgIpc) is 1.83. The molecule has 1 N–H and O–H groups in total. The van der Waals surface area contributed by atoms with Crippen LogP contribution in [0.2, 0.25) is 0 Å². The number of nitrogens with zero attached hydrogens (tertiary/aromatic N) is 1. The van der Waals surface area contributed by atoms with Gasteiger partial charge in [-0.05, 0) is 39.8 Å². The van der Waals surface area contributed by atoms with E-state index in [4.69, 9.17) is 0 Å². The van der Waals surface area contributed by atoms with Crippen molar-refractivity contribution in [2.75, 3.05) is 14.1 Å². The Morgan fingerprint density at radius 3 is 1.83 bits per heavy atom. The molecule has 0 rings (SSSR count). The van der Waals surface area contributed by atoms with Crippen LogP contribution in [0.3, 0.4) is 0 Å². The van der Waals surface area contributed by atoms with Crippen LogP contribution in [0, 0.1) is 5.92 Å². The molecule has 2 unspecified atom stereocenters. The zero-order valence-electron chi connectivity index (χ0n) is 9.04. The Kier molecular flexibility index (Phi) is 5.51. The smallest absolute Gasteiger partial charge is 0.0527 e. The number of hydrogen-bond donors (Lipinski definition) is 1. The molecule has 0 spiro atoms. The Bertz CT molecular complexity index is 100. The van der Waals surface area contributed by atoms with Crippen molar-refractivity contribution < 1.29 is 5.11 Å². The van der Waals surface area contributed by atoms with Crippen LogP contribution in [0.25, 0.3) is 0 Å². The minimum atomic E-state index is -0.184. The van der Waals surface area contributed by atoms with Gasteiger partial charge in [-0.1, -0.05) is 13.8 Å². The zero-order chi connectivity index (χ0) is 9.72. The number of aliphatic hydroxyl groups excluding tert-OH is 1. The molecule has 0 amide bonds. The highest BCUT2D eigenvalue weighted by molar-refractivity contribution is 4.70. The predicted molar refractivity (Wildman–Crippen MR) is 53.2 cm³/mol. The predicted octanol–water partition coefficient (Wildman–Crippen LogP) is 1.73. The van der Waals surface area contributed by atoms with E-state index in [-0.39, 0.29) is 6.10 Å². The summed E-state index contributed by atoms with van der Waals surface area (Å²) in [6.45, 7) is 6.30. The second kappa shape index (κ2) is 5.55. The summed E-state index contributed by atoms with van der Waals surface area (Å²) in [5, 5.41) is 9.26. The fourth-order valence-corrected chi connectivity index (χ4v) is 1.46. The molecule has 0 aromatic heterocycles. The number of hydrogen-bond acceptors (Lipinski definition) is 2. The van der Waals surface area contributed by atoms with Crippen LogP contribution >= 0.6 is 0 Å². The van der Waals surface area contributed by atoms with Gasteiger partial charge in [0.1, 0.15) is 0 Å². The molecule has 74 valence electrons. The number of rotatable bonds is 5. The summed E-state index contributed by atoms with van der Waals surface area (Å²) in [5.74, 6) is 0.705. The minimum Gasteiger partial charge on any atom is -0.393 e. The Morgan fingerprint density at radius 1 is 1.08 bits per heavy atom. The van der Waals surface area contributed by atoms with E-state index in [1.165, 1.54) is 0 Å². The van der Waals surface area contributed by atoms with Crippen molar-refractivity contribution in [1.29, 1.82) is 0 Å². The summed E-state index contributed by atoms with van der Waals surface area (Å²) in [4.78, 5) is 2.20. The first-order chi connectivity index (χ1) is 5.43. The van der Waals surface area contributed by atoms with E-state index in [1.807, 2.05) is 6.92 Å². The molecule has 0 bridgehead atoms. The summed E-state index contributed by atoms with van der Waals surface area (Å²) in [5.41, 5.74) is 0. The summed E-state index contributed by atoms with van der Waals surface area (Å²) >= 11 is 0. The second-order valence-corrected chi connectivity index (χ2v) is 4.33. The maximum absolute atomic E-state index is 9.26. The van der Waals surface area contributed by atoms with E-state index < -0.39 is 0 Å². The molecule has 0 heterocycles. The first kappa shape index (κ1) is 11.9. The SMILES string of the molecule is CC(C)CC(CC(C)O)N(C)C. The molecule has 0 radical (unpaired) electrons. The zero-order valence-corrected chi connectivity index (χ0v) is 9.04. The lowest BCUT2D eigenvalue weighted by molar-refractivity contribution is 0.128. The van der Waals surface area contributed by atoms with Gasteiger partial charge in [0.15, 0.2) is 0 Å². The van der Waals surface area contributed by atoms with Crippen LogP contribution in [0.4, 0.5) is 0 Å². The van der Waals surface area contributed by atoms with Gasteiger partial charge in [0.25, 0.3) is 0 Å². The molecule has 0 saturated carbocycles. The minimum absolute atomic E-state index is 0.184. The normalized spacial score (nSPS) is 17.0. The van der Waals surface area contributed by atoms with Crippen LogP contribution < -0.4 is 0 Å². The third-order valence-corrected chi connectivity index (χ3v) is 2.09. The molecule has 2 nitrogen and oxygen atoms in total. The van der Waals surface area contributed by atoms with E-state index >= 15 is 0 Å². The van der Waals surface area contributed by atoms with Gasteiger partial charge in [0, 0.05) is 6.04 Å². The van der Waals surface area contributed by atoms with Crippen LogP contribution in [0.15, 0.2) is 0 Å². The summed E-state index contributed by atoms with van der Waals surface area (Å²) in [7, 11) is 4.16. The Hall–Kier alpha value is -0.0800. The van der Waals surface area contributed by atoms with E-state index in [9.17, 15) is 5.11 Å². The lowest BCUT2D eigenvalue weighted by atomic mass is 9.98. The van der Waals surface area contributed by atoms with Gasteiger partial charge in [-0.3, -0.25) is 0 Å². The van der Waals surface area contributed by atoms with E-state index in [0.29, 0.717) is 12.0 Å². The molecule has 0 aromatic carbocycles. The first-order valence-corrected chi connectivity index (χ1v) is 4.78. The lowest BCUT2D eigenvalue weighted by Gasteiger charge is -2.26. The van der Waals surface area contributed by atoms with Gasteiger partial charge < -0.3 is 10.0 Å². The van der Waals surface area contributed by atoms with Crippen molar-refractivity contribution in [2.24, 2.45) is 5.92 Å². The molecule has 0 aliphatic rings. The highest BCUT2D eigenvalue weighted by Crippen LogP contribution is 2.13. The van der Waals surface area contributed by atoms with Gasteiger partial charge in [0.2, 0.25) is 0 Å². The van der Waals surface area contributed by atoms with Crippen LogP contribution in [0.1, 0.15) is 33.6 Å². The maximum atomic E-state index is 9.26. The van der Waals surface area contributed by atoms with Crippen LogP contribution in [0.5, 0.6) is 0 Å². The fraction of sp³-hybridized carbons (Fsp3) is 1.00. The highest BCUT2D eigenvalue weighted by atomic mass is 16.3. The second-order valence-electron chi connectivity index (χ2n) is 4.33. The van der Waals surface area contributed by atoms with Crippen molar-refractivity contribution in [2.45, 2.75) is 45.8 Å². The van der Waals surface area contributed by atoms with E-state index in [1.54, 1.807) is 0 Å². The number of aliphatic hydroxyl groups is 1. The van der Waals surface area contributed by atoms with Gasteiger partial charge in [0.05, 0.1) is 6.10 Å². The lowest BCUT2D eigenvalue weighted by Crippen LogP contribution is -2.32. The first-order valence-electron chi connectivity index (χ1n) is 4.78. The van der Waals surface area contributed by atoms with Crippen molar-refractivity contribution >= 4 is 0 Å². The van der Waals surface area contributed by atoms with Crippen molar-refractivity contribution in [3.8, 4) is 0 Å². The van der Waals surface area contributed by atoms with E-state index in [2.05, 4.69) is 32.8 Å². The average molecular weight is 173 g/mol. The Balaban J connectivity index is 3.87. The highest BCUT2D eigenvalue weighted by Gasteiger charge is 2.14. The van der Waals surface area contributed by atoms with Crippen molar-refractivity contribution in [3.05, 3.63) is 0 Å². The van der Waals surface area contributed by atoms with Crippen molar-refractivity contribution in [1.82, 2.24) is 4.90 Å². The van der Waals surface area contributed by atoms with Gasteiger partial charge in [-0.25, -0.2) is 0 Å². The third-order valence-electron chi connectivity index (χ3n) is 2.09. The summed E-state index contributed by atoms with van der Waals surface area (Å²) in [6, 6.07) is 0.519. The fourth-order valence-electron chi connectivity index (χ4n) is 1.46. The third kappa shape index (κ3) is 5.56. The molecule has 0 aliphatic carbocycles. The largest absolute Gasteiger partial charge is 0.393 e. The van der Waals surface area contributed by atoms with Crippen LogP contribution in [-0.2, 0) is 0 Å². The molecular formula is C10H23NO. The molecule has 12 heavy (non-hydrogen) atoms. The molecule has 0 saturated heterocycles. The van der Waals surface area contributed by atoms with Crippen molar-refractivity contribution in [3.63, 3.8) is 0 Å². The molecule has 2 atom stereocenters. The van der Waals surface area contributed by atoms with Gasteiger partial charge in [-0.15, -0.1) is 0 Å². The van der Waals surface area contributed by atoms with Gasteiger partial charge in [-0.2, -0.15) is 0 Å².